The van der Waals surface area contributed by atoms with E-state index in [2.05, 4.69) is 10.3 Å². The molecular formula is C17H13ClFN3OS. The Bertz CT molecular complexity index is 855. The molecule has 1 N–H and O–H groups in total. The number of nitrogens with one attached hydrogen (secondary N) is 1. The van der Waals surface area contributed by atoms with E-state index >= 15 is 0 Å². The molecule has 1 aromatic heterocycles. The maximum Gasteiger partial charge on any atom is 0.234 e. The number of hydrogen-bond acceptors (Lipinski definition) is 3. The second-order valence-electron chi connectivity index (χ2n) is 4.90. The summed E-state index contributed by atoms with van der Waals surface area (Å²) in [4.78, 5) is 16.4. The topological polar surface area (TPSA) is 46.9 Å². The van der Waals surface area contributed by atoms with Crippen LogP contribution in [0.4, 0.5) is 10.1 Å². The van der Waals surface area contributed by atoms with Gasteiger partial charge in [0.2, 0.25) is 5.91 Å². The van der Waals surface area contributed by atoms with E-state index < -0.39 is 0 Å². The van der Waals surface area contributed by atoms with Gasteiger partial charge in [-0.3, -0.25) is 4.79 Å². The molecule has 0 saturated carbocycles. The summed E-state index contributed by atoms with van der Waals surface area (Å²) in [6, 6.07) is 11.6. The molecule has 0 bridgehead atoms. The molecule has 1 heterocycles. The first-order chi connectivity index (χ1) is 11.6. The van der Waals surface area contributed by atoms with Crippen LogP contribution in [0.25, 0.3) is 5.69 Å². The predicted octanol–water partition coefficient (Wildman–Crippen LogP) is 4.40. The third-order valence-electron chi connectivity index (χ3n) is 3.21. The summed E-state index contributed by atoms with van der Waals surface area (Å²) in [5.74, 6) is -0.445. The number of amides is 1. The second-order valence-corrected chi connectivity index (χ2v) is 6.33. The van der Waals surface area contributed by atoms with Gasteiger partial charge in [0, 0.05) is 23.0 Å². The minimum Gasteiger partial charge on any atom is -0.325 e. The molecule has 0 saturated heterocycles. The van der Waals surface area contributed by atoms with E-state index in [9.17, 15) is 9.18 Å². The summed E-state index contributed by atoms with van der Waals surface area (Å²) in [5, 5.41) is 3.25. The molecule has 3 rings (SSSR count). The van der Waals surface area contributed by atoms with Crippen LogP contribution in [-0.4, -0.2) is 21.2 Å². The first kappa shape index (κ1) is 16.5. The number of halogens is 2. The summed E-state index contributed by atoms with van der Waals surface area (Å²) in [5.41, 5.74) is 1.36. The molecule has 122 valence electrons. The van der Waals surface area contributed by atoms with Gasteiger partial charge in [0.15, 0.2) is 0 Å². The van der Waals surface area contributed by atoms with Crippen molar-refractivity contribution in [3.63, 3.8) is 0 Å². The highest BCUT2D eigenvalue weighted by molar-refractivity contribution is 8.00. The van der Waals surface area contributed by atoms with Gasteiger partial charge in [-0.15, -0.1) is 11.8 Å². The smallest absolute Gasteiger partial charge is 0.234 e. The second kappa shape index (κ2) is 7.51. The number of hydrogen-bond donors (Lipinski definition) is 1. The van der Waals surface area contributed by atoms with Crippen LogP contribution in [0.15, 0.2) is 66.1 Å². The van der Waals surface area contributed by atoms with Gasteiger partial charge in [0.05, 0.1) is 22.8 Å². The van der Waals surface area contributed by atoms with E-state index in [0.29, 0.717) is 15.6 Å². The van der Waals surface area contributed by atoms with Gasteiger partial charge in [0.1, 0.15) is 5.82 Å². The lowest BCUT2D eigenvalue weighted by Crippen LogP contribution is -2.14. The van der Waals surface area contributed by atoms with Crippen molar-refractivity contribution in [2.24, 2.45) is 0 Å². The minimum atomic E-state index is -0.331. The quantitative estimate of drug-likeness (QED) is 0.685. The zero-order valence-electron chi connectivity index (χ0n) is 12.4. The number of rotatable bonds is 5. The zero-order valence-corrected chi connectivity index (χ0v) is 14.0. The van der Waals surface area contributed by atoms with Gasteiger partial charge in [-0.2, -0.15) is 0 Å². The van der Waals surface area contributed by atoms with Gasteiger partial charge in [-0.05, 0) is 30.3 Å². The van der Waals surface area contributed by atoms with Gasteiger partial charge in [-0.25, -0.2) is 9.37 Å². The van der Waals surface area contributed by atoms with Crippen molar-refractivity contribution < 1.29 is 9.18 Å². The maximum absolute atomic E-state index is 13.5. The fourth-order valence-corrected chi connectivity index (χ4v) is 3.12. The standard InChI is InChI=1S/C17H13ClFN3OS/c18-13-9-12(5-6-15(13)22-8-7-20-11-22)21-17(23)10-24-16-4-2-1-3-14(16)19/h1-9,11H,10H2,(H,21,23). The first-order valence-corrected chi connectivity index (χ1v) is 8.45. The Morgan fingerprint density at radius 3 is 2.83 bits per heavy atom. The fourth-order valence-electron chi connectivity index (χ4n) is 2.10. The molecule has 0 radical (unpaired) electrons. The molecule has 3 aromatic rings. The number of anilines is 1. The van der Waals surface area contributed by atoms with E-state index in [0.717, 1.165) is 17.4 Å². The number of carbonyl (C=O) groups excluding carboxylic acids is 1. The van der Waals surface area contributed by atoms with Gasteiger partial charge < -0.3 is 9.88 Å². The van der Waals surface area contributed by atoms with Crippen LogP contribution in [0.1, 0.15) is 0 Å². The van der Waals surface area contributed by atoms with E-state index in [-0.39, 0.29) is 17.5 Å². The van der Waals surface area contributed by atoms with Crippen molar-refractivity contribution in [3.05, 3.63) is 72.0 Å². The number of carbonyl (C=O) groups is 1. The Morgan fingerprint density at radius 1 is 1.29 bits per heavy atom. The summed E-state index contributed by atoms with van der Waals surface area (Å²) < 4.78 is 15.3. The van der Waals surface area contributed by atoms with Crippen LogP contribution in [0.5, 0.6) is 0 Å². The molecule has 0 atom stereocenters. The Kier molecular flexibility index (Phi) is 5.17. The van der Waals surface area contributed by atoms with Crippen LogP contribution < -0.4 is 5.32 Å². The number of imidazole rings is 1. The Balaban J connectivity index is 1.62. The SMILES string of the molecule is O=C(CSc1ccccc1F)Nc1ccc(-n2ccnc2)c(Cl)c1. The molecule has 0 aliphatic carbocycles. The number of thioether (sulfide) groups is 1. The van der Waals surface area contributed by atoms with Crippen LogP contribution in [0, 0.1) is 5.82 Å². The molecule has 24 heavy (non-hydrogen) atoms. The van der Waals surface area contributed by atoms with Crippen molar-refractivity contribution in [3.8, 4) is 5.69 Å². The summed E-state index contributed by atoms with van der Waals surface area (Å²) in [6.07, 6.45) is 5.08. The Hall–Kier alpha value is -2.31. The third kappa shape index (κ3) is 3.96. The van der Waals surface area contributed by atoms with Crippen molar-refractivity contribution in [1.82, 2.24) is 9.55 Å². The lowest BCUT2D eigenvalue weighted by Gasteiger charge is -2.09. The van der Waals surface area contributed by atoms with E-state index in [4.69, 9.17) is 11.6 Å². The maximum atomic E-state index is 13.5. The summed E-state index contributed by atoms with van der Waals surface area (Å²) in [6.45, 7) is 0. The highest BCUT2D eigenvalue weighted by Gasteiger charge is 2.09. The Morgan fingerprint density at radius 2 is 2.12 bits per heavy atom. The van der Waals surface area contributed by atoms with E-state index in [1.54, 1.807) is 59.7 Å². The molecule has 0 aliphatic rings. The number of nitrogens with zero attached hydrogens (tertiary/aromatic N) is 2. The Labute approximate surface area is 147 Å². The lowest BCUT2D eigenvalue weighted by molar-refractivity contribution is -0.113. The largest absolute Gasteiger partial charge is 0.325 e. The van der Waals surface area contributed by atoms with Crippen LogP contribution >= 0.6 is 23.4 Å². The molecule has 0 aliphatic heterocycles. The summed E-state index contributed by atoms with van der Waals surface area (Å²) >= 11 is 7.39. The van der Waals surface area contributed by atoms with Crippen molar-refractivity contribution in [2.45, 2.75) is 4.90 Å². The van der Waals surface area contributed by atoms with Crippen LogP contribution in [0.2, 0.25) is 5.02 Å². The van der Waals surface area contributed by atoms with Gasteiger partial charge in [-0.1, -0.05) is 23.7 Å². The third-order valence-corrected chi connectivity index (χ3v) is 4.56. The lowest BCUT2D eigenvalue weighted by atomic mass is 10.2. The highest BCUT2D eigenvalue weighted by atomic mass is 35.5. The van der Waals surface area contributed by atoms with Crippen LogP contribution in [-0.2, 0) is 4.79 Å². The van der Waals surface area contributed by atoms with Crippen LogP contribution in [0.3, 0.4) is 0 Å². The number of aromatic nitrogens is 2. The van der Waals surface area contributed by atoms with Gasteiger partial charge in [0.25, 0.3) is 0 Å². The molecule has 4 nitrogen and oxygen atoms in total. The minimum absolute atomic E-state index is 0.113. The molecular weight excluding hydrogens is 349 g/mol. The molecule has 0 unspecified atom stereocenters. The fraction of sp³-hybridized carbons (Fsp3) is 0.0588. The first-order valence-electron chi connectivity index (χ1n) is 7.08. The predicted molar refractivity (Wildman–Crippen MR) is 94.3 cm³/mol. The van der Waals surface area contributed by atoms with Crippen molar-refractivity contribution >= 4 is 35.0 Å². The normalized spacial score (nSPS) is 10.6. The van der Waals surface area contributed by atoms with Crippen molar-refractivity contribution in [1.29, 1.82) is 0 Å². The molecule has 7 heteroatoms. The molecule has 0 spiro atoms. The molecule has 0 fully saturated rings. The molecule has 1 amide bonds. The average Bonchev–Trinajstić information content (AvgIpc) is 3.08. The monoisotopic (exact) mass is 361 g/mol. The average molecular weight is 362 g/mol. The summed E-state index contributed by atoms with van der Waals surface area (Å²) in [7, 11) is 0. The highest BCUT2D eigenvalue weighted by Crippen LogP contribution is 2.25. The molecule has 2 aromatic carbocycles. The van der Waals surface area contributed by atoms with E-state index in [1.807, 2.05) is 0 Å². The van der Waals surface area contributed by atoms with E-state index in [1.165, 1.54) is 6.07 Å². The van der Waals surface area contributed by atoms with Gasteiger partial charge >= 0.3 is 0 Å². The zero-order chi connectivity index (χ0) is 16.9. The van der Waals surface area contributed by atoms with Crippen molar-refractivity contribution in [2.75, 3.05) is 11.1 Å². The number of benzene rings is 2.